The fraction of sp³-hybridized carbons (Fsp3) is 0. The SMILES string of the molecule is c1ccc(-c2ccc(-c3ccccc3N(c3ccccc3)c3cccc4c3sc3ccc5ccncc5c34)cc2)cc1. The third-order valence-corrected chi connectivity index (χ3v) is 9.16. The van der Waals surface area contributed by atoms with E-state index in [2.05, 4.69) is 155 Å². The standard InChI is InChI=1S/C39H26N2S/c1-3-10-27(11-4-1)28-18-20-29(21-19-28)32-14-7-8-16-35(32)41(31-12-5-2-6-13-31)36-17-9-15-33-38-34-26-40-25-24-30(34)22-23-37(38)42-39(33)36/h1-26H. The van der Waals surface area contributed by atoms with Gasteiger partial charge in [0, 0.05) is 44.5 Å². The monoisotopic (exact) mass is 554 g/mol. The summed E-state index contributed by atoms with van der Waals surface area (Å²) in [5, 5.41) is 4.95. The Morgan fingerprint density at radius 1 is 0.500 bits per heavy atom. The minimum atomic E-state index is 1.13. The molecule has 3 heteroatoms. The molecule has 0 N–H and O–H groups in total. The fourth-order valence-electron chi connectivity index (χ4n) is 5.99. The third-order valence-electron chi connectivity index (χ3n) is 7.96. The van der Waals surface area contributed by atoms with E-state index in [9.17, 15) is 0 Å². The van der Waals surface area contributed by atoms with E-state index in [1.54, 1.807) is 0 Å². The molecule has 2 aromatic heterocycles. The van der Waals surface area contributed by atoms with Crippen molar-refractivity contribution in [3.8, 4) is 22.3 Å². The quantitative estimate of drug-likeness (QED) is 0.210. The van der Waals surface area contributed by atoms with E-state index in [0.29, 0.717) is 0 Å². The van der Waals surface area contributed by atoms with Crippen LogP contribution in [-0.4, -0.2) is 4.98 Å². The van der Waals surface area contributed by atoms with E-state index >= 15 is 0 Å². The molecule has 0 unspecified atom stereocenters. The number of aromatic nitrogens is 1. The lowest BCUT2D eigenvalue weighted by Gasteiger charge is -2.28. The summed E-state index contributed by atoms with van der Waals surface area (Å²) in [6.07, 6.45) is 3.87. The summed E-state index contributed by atoms with van der Waals surface area (Å²) in [5.41, 5.74) is 8.26. The molecule has 0 saturated carbocycles. The molecule has 6 aromatic carbocycles. The Morgan fingerprint density at radius 2 is 1.19 bits per heavy atom. The molecule has 0 radical (unpaired) electrons. The lowest BCUT2D eigenvalue weighted by atomic mass is 9.98. The maximum absolute atomic E-state index is 4.47. The van der Waals surface area contributed by atoms with Gasteiger partial charge in [-0.25, -0.2) is 0 Å². The number of anilines is 3. The highest BCUT2D eigenvalue weighted by Crippen LogP contribution is 2.48. The third kappa shape index (κ3) is 4.14. The van der Waals surface area contributed by atoms with Gasteiger partial charge in [0.15, 0.2) is 0 Å². The highest BCUT2D eigenvalue weighted by Gasteiger charge is 2.21. The molecular formula is C39H26N2S. The Kier molecular flexibility index (Phi) is 6.02. The van der Waals surface area contributed by atoms with Gasteiger partial charge < -0.3 is 4.90 Å². The van der Waals surface area contributed by atoms with Crippen LogP contribution in [0.25, 0.3) is 53.2 Å². The number of fused-ring (bicyclic) bond motifs is 5. The van der Waals surface area contributed by atoms with Crippen molar-refractivity contribution in [1.82, 2.24) is 4.98 Å². The first-order chi connectivity index (χ1) is 20.8. The van der Waals surface area contributed by atoms with Crippen molar-refractivity contribution in [2.75, 3.05) is 4.90 Å². The fourth-order valence-corrected chi connectivity index (χ4v) is 7.21. The summed E-state index contributed by atoms with van der Waals surface area (Å²) < 4.78 is 2.54. The van der Waals surface area contributed by atoms with E-state index in [1.165, 1.54) is 58.9 Å². The zero-order chi connectivity index (χ0) is 27.9. The van der Waals surface area contributed by atoms with Crippen LogP contribution in [0.2, 0.25) is 0 Å². The van der Waals surface area contributed by atoms with Gasteiger partial charge in [0.05, 0.1) is 16.1 Å². The average molecular weight is 555 g/mol. The van der Waals surface area contributed by atoms with Gasteiger partial charge in [-0.1, -0.05) is 109 Å². The minimum Gasteiger partial charge on any atom is -0.308 e. The van der Waals surface area contributed by atoms with E-state index in [-0.39, 0.29) is 0 Å². The minimum absolute atomic E-state index is 1.13. The maximum Gasteiger partial charge on any atom is 0.0640 e. The highest BCUT2D eigenvalue weighted by molar-refractivity contribution is 7.26. The van der Waals surface area contributed by atoms with E-state index < -0.39 is 0 Å². The molecule has 8 rings (SSSR count). The molecule has 2 nitrogen and oxygen atoms in total. The number of para-hydroxylation sites is 2. The lowest BCUT2D eigenvalue weighted by molar-refractivity contribution is 1.30. The van der Waals surface area contributed by atoms with Gasteiger partial charge in [0.1, 0.15) is 0 Å². The molecule has 2 heterocycles. The van der Waals surface area contributed by atoms with Crippen molar-refractivity contribution in [2.45, 2.75) is 0 Å². The molecule has 0 atom stereocenters. The Labute approximate surface area is 248 Å². The highest BCUT2D eigenvalue weighted by atomic mass is 32.1. The molecular weight excluding hydrogens is 529 g/mol. The van der Waals surface area contributed by atoms with Gasteiger partial charge in [-0.05, 0) is 58.5 Å². The molecule has 0 saturated heterocycles. The van der Waals surface area contributed by atoms with Gasteiger partial charge >= 0.3 is 0 Å². The smallest absolute Gasteiger partial charge is 0.0640 e. The average Bonchev–Trinajstić information content (AvgIpc) is 3.46. The molecule has 0 aliphatic rings. The predicted octanol–water partition coefficient (Wildman–Crippen LogP) is 11.4. The second-order valence-electron chi connectivity index (χ2n) is 10.4. The summed E-state index contributed by atoms with van der Waals surface area (Å²) in [6.45, 7) is 0. The Balaban J connectivity index is 1.34. The Hall–Kier alpha value is -5.25. The number of rotatable bonds is 5. The molecule has 0 bridgehead atoms. The van der Waals surface area contributed by atoms with Crippen LogP contribution in [0.15, 0.2) is 158 Å². The predicted molar refractivity (Wildman–Crippen MR) is 180 cm³/mol. The van der Waals surface area contributed by atoms with Crippen molar-refractivity contribution in [1.29, 1.82) is 0 Å². The number of hydrogen-bond acceptors (Lipinski definition) is 3. The van der Waals surface area contributed by atoms with Crippen molar-refractivity contribution in [3.63, 3.8) is 0 Å². The zero-order valence-corrected chi connectivity index (χ0v) is 23.6. The molecule has 0 aliphatic carbocycles. The first-order valence-corrected chi connectivity index (χ1v) is 14.9. The first kappa shape index (κ1) is 24.5. The number of benzene rings is 6. The normalized spacial score (nSPS) is 11.3. The summed E-state index contributed by atoms with van der Waals surface area (Å²) in [6, 6.07) is 52.1. The number of thiophene rings is 1. The first-order valence-electron chi connectivity index (χ1n) is 14.1. The molecule has 0 aliphatic heterocycles. The van der Waals surface area contributed by atoms with Crippen molar-refractivity contribution < 1.29 is 0 Å². The van der Waals surface area contributed by atoms with Crippen LogP contribution in [0.1, 0.15) is 0 Å². The Morgan fingerprint density at radius 3 is 2.02 bits per heavy atom. The molecule has 42 heavy (non-hydrogen) atoms. The molecule has 198 valence electrons. The van der Waals surface area contributed by atoms with Crippen LogP contribution in [0.3, 0.4) is 0 Å². The molecule has 0 amide bonds. The number of pyridine rings is 1. The number of nitrogens with zero attached hydrogens (tertiary/aromatic N) is 2. The van der Waals surface area contributed by atoms with Crippen molar-refractivity contribution >= 4 is 59.3 Å². The van der Waals surface area contributed by atoms with Crippen LogP contribution in [-0.2, 0) is 0 Å². The number of hydrogen-bond donors (Lipinski definition) is 0. The summed E-state index contributed by atoms with van der Waals surface area (Å²) in [7, 11) is 0. The van der Waals surface area contributed by atoms with Gasteiger partial charge in [-0.2, -0.15) is 0 Å². The summed E-state index contributed by atoms with van der Waals surface area (Å²) in [5.74, 6) is 0. The molecule has 8 aromatic rings. The van der Waals surface area contributed by atoms with Gasteiger partial charge in [0.2, 0.25) is 0 Å². The van der Waals surface area contributed by atoms with Gasteiger partial charge in [-0.15, -0.1) is 11.3 Å². The van der Waals surface area contributed by atoms with Crippen molar-refractivity contribution in [2.24, 2.45) is 0 Å². The topological polar surface area (TPSA) is 16.1 Å². The van der Waals surface area contributed by atoms with Crippen LogP contribution < -0.4 is 4.90 Å². The van der Waals surface area contributed by atoms with Gasteiger partial charge in [0.25, 0.3) is 0 Å². The van der Waals surface area contributed by atoms with Crippen LogP contribution in [0, 0.1) is 0 Å². The second-order valence-corrected chi connectivity index (χ2v) is 11.5. The van der Waals surface area contributed by atoms with E-state index in [1.807, 2.05) is 23.7 Å². The summed E-state index contributed by atoms with van der Waals surface area (Å²) >= 11 is 1.85. The van der Waals surface area contributed by atoms with Crippen LogP contribution in [0.4, 0.5) is 17.1 Å². The van der Waals surface area contributed by atoms with E-state index in [0.717, 1.165) is 11.4 Å². The summed E-state index contributed by atoms with van der Waals surface area (Å²) in [4.78, 5) is 6.88. The second kappa shape index (κ2) is 10.3. The Bertz CT molecular complexity index is 2180. The largest absolute Gasteiger partial charge is 0.308 e. The lowest BCUT2D eigenvalue weighted by Crippen LogP contribution is -2.11. The van der Waals surface area contributed by atoms with E-state index in [4.69, 9.17) is 0 Å². The maximum atomic E-state index is 4.47. The van der Waals surface area contributed by atoms with Crippen molar-refractivity contribution in [3.05, 3.63) is 158 Å². The molecule has 0 fully saturated rings. The molecule has 0 spiro atoms. The zero-order valence-electron chi connectivity index (χ0n) is 22.8. The van der Waals surface area contributed by atoms with Crippen LogP contribution >= 0.6 is 11.3 Å². The van der Waals surface area contributed by atoms with Gasteiger partial charge in [-0.3, -0.25) is 4.98 Å². The van der Waals surface area contributed by atoms with Crippen LogP contribution in [0.5, 0.6) is 0 Å².